The smallest absolute Gasteiger partial charge is 0.318 e. The van der Waals surface area contributed by atoms with Gasteiger partial charge in [-0.05, 0) is 60.9 Å². The van der Waals surface area contributed by atoms with Crippen molar-refractivity contribution in [3.05, 3.63) is 64.7 Å². The summed E-state index contributed by atoms with van der Waals surface area (Å²) in [6.45, 7) is 1.45. The lowest BCUT2D eigenvalue weighted by Crippen LogP contribution is -2.47. The van der Waals surface area contributed by atoms with Crippen LogP contribution in [0.4, 0.5) is 4.79 Å². The lowest BCUT2D eigenvalue weighted by molar-refractivity contribution is 0.176. The maximum atomic E-state index is 12.8. The molecule has 1 aliphatic heterocycles. The quantitative estimate of drug-likeness (QED) is 0.828. The van der Waals surface area contributed by atoms with Crippen molar-refractivity contribution in [2.45, 2.75) is 37.1 Å². The zero-order valence-corrected chi connectivity index (χ0v) is 15.4. The first-order valence-corrected chi connectivity index (χ1v) is 9.56. The molecule has 0 unspecified atom stereocenters. The predicted molar refractivity (Wildman–Crippen MR) is 103 cm³/mol. The first-order valence-electron chi connectivity index (χ1n) is 9.18. The van der Waals surface area contributed by atoms with E-state index in [1.807, 2.05) is 41.3 Å². The lowest BCUT2D eigenvalue weighted by atomic mass is 9.89. The van der Waals surface area contributed by atoms with Gasteiger partial charge in [0.25, 0.3) is 0 Å². The Morgan fingerprint density at radius 3 is 2.50 bits per heavy atom. The number of aromatic hydroxyl groups is 1. The molecule has 1 saturated heterocycles. The molecule has 2 fully saturated rings. The number of benzene rings is 2. The Labute approximate surface area is 158 Å². The Hall–Kier alpha value is -2.20. The summed E-state index contributed by atoms with van der Waals surface area (Å²) in [4.78, 5) is 14.7. The zero-order valence-electron chi connectivity index (χ0n) is 14.6. The van der Waals surface area contributed by atoms with Crippen molar-refractivity contribution in [1.82, 2.24) is 10.2 Å². The van der Waals surface area contributed by atoms with Crippen molar-refractivity contribution < 1.29 is 9.90 Å². The second-order valence-electron chi connectivity index (χ2n) is 7.35. The molecule has 5 heteroatoms. The number of amides is 2. The summed E-state index contributed by atoms with van der Waals surface area (Å²) in [5.41, 5.74) is 1.88. The van der Waals surface area contributed by atoms with Crippen molar-refractivity contribution >= 4 is 17.6 Å². The number of hydrogen-bond acceptors (Lipinski definition) is 2. The summed E-state index contributed by atoms with van der Waals surface area (Å²) in [7, 11) is 0. The zero-order chi connectivity index (χ0) is 18.1. The van der Waals surface area contributed by atoms with E-state index in [-0.39, 0.29) is 11.6 Å². The van der Waals surface area contributed by atoms with Crippen LogP contribution in [0.5, 0.6) is 5.75 Å². The minimum absolute atomic E-state index is 0.00298. The number of carbonyl (C=O) groups excluding carboxylic acids is 1. The summed E-state index contributed by atoms with van der Waals surface area (Å²) in [6, 6.07) is 15.2. The molecule has 0 atom stereocenters. The molecule has 4 rings (SSSR count). The SMILES string of the molecule is O=C(NC1(c2ccccc2Cl)CC1)N1CCC(c2cccc(O)c2)CC1. The largest absolute Gasteiger partial charge is 0.508 e. The van der Waals surface area contributed by atoms with Crippen LogP contribution in [-0.2, 0) is 5.54 Å². The van der Waals surface area contributed by atoms with Crippen molar-refractivity contribution in [2.24, 2.45) is 0 Å². The minimum Gasteiger partial charge on any atom is -0.508 e. The van der Waals surface area contributed by atoms with Gasteiger partial charge in [0.2, 0.25) is 0 Å². The molecule has 2 aliphatic rings. The Bertz CT molecular complexity index is 811. The van der Waals surface area contributed by atoms with Crippen LogP contribution in [0, 0.1) is 0 Å². The number of carbonyl (C=O) groups is 1. The fraction of sp³-hybridized carbons (Fsp3) is 0.381. The van der Waals surface area contributed by atoms with E-state index in [4.69, 9.17) is 11.6 Å². The van der Waals surface area contributed by atoms with Gasteiger partial charge in [0.15, 0.2) is 0 Å². The molecule has 2 N–H and O–H groups in total. The molecule has 1 heterocycles. The highest BCUT2D eigenvalue weighted by Crippen LogP contribution is 2.48. The predicted octanol–water partition coefficient (Wildman–Crippen LogP) is 4.62. The van der Waals surface area contributed by atoms with Gasteiger partial charge in [-0.15, -0.1) is 0 Å². The molecule has 136 valence electrons. The number of hydrogen-bond donors (Lipinski definition) is 2. The van der Waals surface area contributed by atoms with Gasteiger partial charge in [0, 0.05) is 18.1 Å². The van der Waals surface area contributed by atoms with E-state index in [1.165, 1.54) is 0 Å². The van der Waals surface area contributed by atoms with Gasteiger partial charge in [-0.2, -0.15) is 0 Å². The molecule has 0 radical (unpaired) electrons. The average Bonchev–Trinajstić information content (AvgIpc) is 3.42. The van der Waals surface area contributed by atoms with Crippen molar-refractivity contribution in [3.8, 4) is 5.75 Å². The van der Waals surface area contributed by atoms with E-state index < -0.39 is 0 Å². The fourth-order valence-corrected chi connectivity index (χ4v) is 4.23. The summed E-state index contributed by atoms with van der Waals surface area (Å²) in [5.74, 6) is 0.697. The molecule has 0 bridgehead atoms. The topological polar surface area (TPSA) is 52.6 Å². The molecule has 2 aromatic rings. The van der Waals surface area contributed by atoms with Crippen LogP contribution in [0.25, 0.3) is 0 Å². The molecule has 0 spiro atoms. The monoisotopic (exact) mass is 370 g/mol. The number of nitrogens with one attached hydrogen (secondary N) is 1. The van der Waals surface area contributed by atoms with Crippen LogP contribution in [-0.4, -0.2) is 29.1 Å². The Morgan fingerprint density at radius 1 is 1.12 bits per heavy atom. The molecule has 1 saturated carbocycles. The Morgan fingerprint density at radius 2 is 1.85 bits per heavy atom. The molecule has 26 heavy (non-hydrogen) atoms. The Balaban J connectivity index is 1.38. The van der Waals surface area contributed by atoms with E-state index in [1.54, 1.807) is 6.07 Å². The summed E-state index contributed by atoms with van der Waals surface area (Å²) in [6.07, 6.45) is 3.69. The van der Waals surface area contributed by atoms with Gasteiger partial charge in [-0.25, -0.2) is 4.79 Å². The molecule has 0 aromatic heterocycles. The third-order valence-corrected chi connectivity index (χ3v) is 5.94. The van der Waals surface area contributed by atoms with Crippen molar-refractivity contribution in [3.63, 3.8) is 0 Å². The van der Waals surface area contributed by atoms with Crippen LogP contribution in [0.3, 0.4) is 0 Å². The van der Waals surface area contributed by atoms with E-state index in [2.05, 4.69) is 11.4 Å². The van der Waals surface area contributed by atoms with Gasteiger partial charge in [-0.3, -0.25) is 0 Å². The number of rotatable bonds is 3. The van der Waals surface area contributed by atoms with E-state index >= 15 is 0 Å². The molecular formula is C21H23ClN2O2. The summed E-state index contributed by atoms with van der Waals surface area (Å²) in [5, 5.41) is 13.6. The van der Waals surface area contributed by atoms with Gasteiger partial charge in [-0.1, -0.05) is 41.9 Å². The summed E-state index contributed by atoms with van der Waals surface area (Å²) < 4.78 is 0. The third kappa shape index (κ3) is 3.38. The van der Waals surface area contributed by atoms with E-state index in [9.17, 15) is 9.90 Å². The second-order valence-corrected chi connectivity index (χ2v) is 7.76. The minimum atomic E-state index is -0.294. The van der Waals surface area contributed by atoms with Crippen molar-refractivity contribution in [1.29, 1.82) is 0 Å². The number of urea groups is 1. The average molecular weight is 371 g/mol. The Kier molecular flexibility index (Phi) is 4.53. The van der Waals surface area contributed by atoms with E-state index in [0.717, 1.165) is 49.9 Å². The standard InChI is InChI=1S/C21H23ClN2O2/c22-19-7-2-1-6-18(19)21(10-11-21)23-20(26)24-12-8-15(9-13-24)16-4-3-5-17(25)14-16/h1-7,14-15,25H,8-13H2,(H,23,26). The number of phenols is 1. The highest BCUT2D eigenvalue weighted by Gasteiger charge is 2.47. The number of halogens is 1. The number of likely N-dealkylation sites (tertiary alicyclic amines) is 1. The molecule has 4 nitrogen and oxygen atoms in total. The highest BCUT2D eigenvalue weighted by atomic mass is 35.5. The number of phenolic OH excluding ortho intramolecular Hbond substituents is 1. The number of piperidine rings is 1. The van der Waals surface area contributed by atoms with Crippen LogP contribution in [0.1, 0.15) is 42.7 Å². The normalized spacial score (nSPS) is 19.2. The molecular weight excluding hydrogens is 348 g/mol. The van der Waals surface area contributed by atoms with Gasteiger partial charge in [0.05, 0.1) is 5.54 Å². The third-order valence-electron chi connectivity index (χ3n) is 5.61. The first-order chi connectivity index (χ1) is 12.6. The van der Waals surface area contributed by atoms with Crippen LogP contribution in [0.15, 0.2) is 48.5 Å². The maximum absolute atomic E-state index is 12.8. The van der Waals surface area contributed by atoms with Gasteiger partial charge >= 0.3 is 6.03 Å². The second kappa shape index (κ2) is 6.84. The van der Waals surface area contributed by atoms with Crippen LogP contribution < -0.4 is 5.32 Å². The first kappa shape index (κ1) is 17.2. The molecule has 1 aliphatic carbocycles. The van der Waals surface area contributed by atoms with Gasteiger partial charge < -0.3 is 15.3 Å². The van der Waals surface area contributed by atoms with Crippen LogP contribution in [0.2, 0.25) is 5.02 Å². The van der Waals surface area contributed by atoms with Crippen molar-refractivity contribution in [2.75, 3.05) is 13.1 Å². The maximum Gasteiger partial charge on any atom is 0.318 e. The lowest BCUT2D eigenvalue weighted by Gasteiger charge is -2.33. The van der Waals surface area contributed by atoms with E-state index in [0.29, 0.717) is 16.7 Å². The van der Waals surface area contributed by atoms with Crippen LogP contribution >= 0.6 is 11.6 Å². The molecule has 2 amide bonds. The number of nitrogens with zero attached hydrogens (tertiary/aromatic N) is 1. The van der Waals surface area contributed by atoms with Gasteiger partial charge in [0.1, 0.15) is 5.75 Å². The summed E-state index contributed by atoms with van der Waals surface area (Å²) >= 11 is 6.33. The fourth-order valence-electron chi connectivity index (χ4n) is 3.91. The molecule has 2 aromatic carbocycles. The highest BCUT2D eigenvalue weighted by molar-refractivity contribution is 6.31.